The number of nitrogens with one attached hydrogen (secondary N) is 1. The summed E-state index contributed by atoms with van der Waals surface area (Å²) >= 11 is 0. The van der Waals surface area contributed by atoms with Crippen molar-refractivity contribution in [2.75, 3.05) is 13.7 Å². The van der Waals surface area contributed by atoms with Gasteiger partial charge in [-0.15, -0.1) is 0 Å². The minimum Gasteiger partial charge on any atom is -0.493 e. The summed E-state index contributed by atoms with van der Waals surface area (Å²) in [5, 5.41) is 2.88. The predicted octanol–water partition coefficient (Wildman–Crippen LogP) is 3.59. The van der Waals surface area contributed by atoms with Gasteiger partial charge in [-0.1, -0.05) is 18.2 Å². The molecule has 0 saturated carbocycles. The van der Waals surface area contributed by atoms with Crippen LogP contribution in [-0.4, -0.2) is 25.7 Å². The molecule has 2 rings (SSSR count). The second-order valence-electron chi connectivity index (χ2n) is 5.47. The molecule has 0 fully saturated rings. The van der Waals surface area contributed by atoms with E-state index >= 15 is 0 Å². The van der Waals surface area contributed by atoms with Gasteiger partial charge in [0, 0.05) is 11.6 Å². The van der Waals surface area contributed by atoms with Crippen LogP contribution in [0.5, 0.6) is 11.5 Å². The fourth-order valence-electron chi connectivity index (χ4n) is 2.44. The van der Waals surface area contributed by atoms with Crippen LogP contribution in [0.25, 0.3) is 0 Å². The molecule has 0 heterocycles. The molecule has 1 amide bonds. The SMILES string of the molecule is CCOc1cc(C(=O)NC(C)Cc2ccccc2F)ccc1OC. The fourth-order valence-corrected chi connectivity index (χ4v) is 2.44. The second-order valence-corrected chi connectivity index (χ2v) is 5.47. The van der Waals surface area contributed by atoms with Crippen LogP contribution in [0.3, 0.4) is 0 Å². The monoisotopic (exact) mass is 331 g/mol. The lowest BCUT2D eigenvalue weighted by molar-refractivity contribution is 0.0939. The highest BCUT2D eigenvalue weighted by Crippen LogP contribution is 2.28. The number of methoxy groups -OCH3 is 1. The number of hydrogen-bond acceptors (Lipinski definition) is 3. The van der Waals surface area contributed by atoms with E-state index in [1.807, 2.05) is 13.8 Å². The van der Waals surface area contributed by atoms with Crippen molar-refractivity contribution in [3.05, 3.63) is 59.4 Å². The van der Waals surface area contributed by atoms with Crippen LogP contribution in [0.4, 0.5) is 4.39 Å². The van der Waals surface area contributed by atoms with Crippen molar-refractivity contribution in [1.82, 2.24) is 5.32 Å². The molecule has 0 aliphatic heterocycles. The summed E-state index contributed by atoms with van der Waals surface area (Å²) in [7, 11) is 1.55. The third-order valence-electron chi connectivity index (χ3n) is 3.59. The van der Waals surface area contributed by atoms with E-state index < -0.39 is 0 Å². The molecule has 4 nitrogen and oxygen atoms in total. The maximum Gasteiger partial charge on any atom is 0.251 e. The molecular formula is C19H22FNO3. The second kappa shape index (κ2) is 8.34. The standard InChI is InChI=1S/C19H22FNO3/c1-4-24-18-12-15(9-10-17(18)23-3)19(22)21-13(2)11-14-7-5-6-8-16(14)20/h5-10,12-13H,4,11H2,1-3H3,(H,21,22). The maximum atomic E-state index is 13.7. The number of carbonyl (C=O) groups excluding carboxylic acids is 1. The van der Waals surface area contributed by atoms with E-state index in [1.54, 1.807) is 43.5 Å². The molecule has 1 atom stereocenters. The van der Waals surface area contributed by atoms with E-state index in [2.05, 4.69) is 5.32 Å². The first-order valence-electron chi connectivity index (χ1n) is 7.90. The lowest BCUT2D eigenvalue weighted by Crippen LogP contribution is -2.34. The Morgan fingerprint density at radius 3 is 2.62 bits per heavy atom. The van der Waals surface area contributed by atoms with Gasteiger partial charge in [-0.25, -0.2) is 4.39 Å². The van der Waals surface area contributed by atoms with Crippen LogP contribution in [-0.2, 0) is 6.42 Å². The average Bonchev–Trinajstić information content (AvgIpc) is 2.57. The molecule has 2 aromatic carbocycles. The van der Waals surface area contributed by atoms with Crippen molar-refractivity contribution in [2.45, 2.75) is 26.3 Å². The summed E-state index contributed by atoms with van der Waals surface area (Å²) in [5.74, 6) is 0.603. The van der Waals surface area contributed by atoms with Crippen molar-refractivity contribution in [3.8, 4) is 11.5 Å². The molecule has 0 aromatic heterocycles. The molecule has 1 N–H and O–H groups in total. The summed E-state index contributed by atoms with van der Waals surface area (Å²) in [6.07, 6.45) is 0.423. The number of amides is 1. The minimum absolute atomic E-state index is 0.202. The van der Waals surface area contributed by atoms with Gasteiger partial charge < -0.3 is 14.8 Å². The van der Waals surface area contributed by atoms with Crippen LogP contribution in [0.1, 0.15) is 29.8 Å². The van der Waals surface area contributed by atoms with E-state index in [9.17, 15) is 9.18 Å². The summed E-state index contributed by atoms with van der Waals surface area (Å²) in [6.45, 7) is 4.19. The lowest BCUT2D eigenvalue weighted by Gasteiger charge is -2.16. The average molecular weight is 331 g/mol. The molecule has 0 radical (unpaired) electrons. The summed E-state index contributed by atoms with van der Waals surface area (Å²) in [5.41, 5.74) is 1.05. The molecule has 0 saturated heterocycles. The highest BCUT2D eigenvalue weighted by Gasteiger charge is 2.14. The Balaban J connectivity index is 2.06. The predicted molar refractivity (Wildman–Crippen MR) is 91.2 cm³/mol. The van der Waals surface area contributed by atoms with E-state index in [0.29, 0.717) is 35.7 Å². The topological polar surface area (TPSA) is 47.6 Å². The molecule has 24 heavy (non-hydrogen) atoms. The van der Waals surface area contributed by atoms with Crippen LogP contribution in [0.15, 0.2) is 42.5 Å². The van der Waals surface area contributed by atoms with E-state index in [4.69, 9.17) is 9.47 Å². The molecule has 0 spiro atoms. The maximum absolute atomic E-state index is 13.7. The summed E-state index contributed by atoms with van der Waals surface area (Å²) in [4.78, 5) is 12.4. The molecule has 0 aliphatic rings. The fraction of sp³-hybridized carbons (Fsp3) is 0.316. The molecule has 1 unspecified atom stereocenters. The third-order valence-corrected chi connectivity index (χ3v) is 3.59. The van der Waals surface area contributed by atoms with Gasteiger partial charge >= 0.3 is 0 Å². The Labute approximate surface area is 141 Å². The first-order valence-corrected chi connectivity index (χ1v) is 7.90. The van der Waals surface area contributed by atoms with Crippen molar-refractivity contribution in [3.63, 3.8) is 0 Å². The molecule has 128 valence electrons. The molecular weight excluding hydrogens is 309 g/mol. The van der Waals surface area contributed by atoms with Crippen molar-refractivity contribution in [2.24, 2.45) is 0 Å². The van der Waals surface area contributed by atoms with Crippen molar-refractivity contribution in [1.29, 1.82) is 0 Å². The number of benzene rings is 2. The van der Waals surface area contributed by atoms with Crippen LogP contribution in [0.2, 0.25) is 0 Å². The highest BCUT2D eigenvalue weighted by molar-refractivity contribution is 5.95. The van der Waals surface area contributed by atoms with Crippen LogP contribution < -0.4 is 14.8 Å². The molecule has 2 aromatic rings. The van der Waals surface area contributed by atoms with Gasteiger partial charge in [-0.3, -0.25) is 4.79 Å². The van der Waals surface area contributed by atoms with Crippen LogP contribution in [0, 0.1) is 5.82 Å². The molecule has 0 bridgehead atoms. The van der Waals surface area contributed by atoms with Gasteiger partial charge in [0.25, 0.3) is 5.91 Å². The largest absolute Gasteiger partial charge is 0.493 e. The molecule has 5 heteroatoms. The van der Waals surface area contributed by atoms with Gasteiger partial charge in [0.1, 0.15) is 5.82 Å². The Kier molecular flexibility index (Phi) is 6.18. The number of carbonyl (C=O) groups is 1. The highest BCUT2D eigenvalue weighted by atomic mass is 19.1. The number of rotatable bonds is 7. The van der Waals surface area contributed by atoms with E-state index in [-0.39, 0.29) is 17.8 Å². The zero-order valence-electron chi connectivity index (χ0n) is 14.1. The normalized spacial score (nSPS) is 11.7. The zero-order valence-corrected chi connectivity index (χ0v) is 14.1. The zero-order chi connectivity index (χ0) is 17.5. The smallest absolute Gasteiger partial charge is 0.251 e. The van der Waals surface area contributed by atoms with Gasteiger partial charge in [0.05, 0.1) is 13.7 Å². The Morgan fingerprint density at radius 2 is 1.96 bits per heavy atom. The Morgan fingerprint density at radius 1 is 1.21 bits per heavy atom. The van der Waals surface area contributed by atoms with Gasteiger partial charge in [0.15, 0.2) is 11.5 Å². The lowest BCUT2D eigenvalue weighted by atomic mass is 10.1. The molecule has 0 aliphatic carbocycles. The van der Waals surface area contributed by atoms with Gasteiger partial charge in [0.2, 0.25) is 0 Å². The number of hydrogen-bond donors (Lipinski definition) is 1. The van der Waals surface area contributed by atoms with Crippen molar-refractivity contribution < 1.29 is 18.7 Å². The summed E-state index contributed by atoms with van der Waals surface area (Å²) < 4.78 is 24.4. The first-order chi connectivity index (χ1) is 11.5. The first kappa shape index (κ1) is 17.8. The van der Waals surface area contributed by atoms with Gasteiger partial charge in [-0.05, 0) is 50.1 Å². The third kappa shape index (κ3) is 4.47. The van der Waals surface area contributed by atoms with Crippen LogP contribution >= 0.6 is 0 Å². The minimum atomic E-state index is -0.262. The van der Waals surface area contributed by atoms with Crippen molar-refractivity contribution >= 4 is 5.91 Å². The quantitative estimate of drug-likeness (QED) is 0.843. The van der Waals surface area contributed by atoms with E-state index in [0.717, 1.165) is 0 Å². The Bertz CT molecular complexity index is 703. The van der Waals surface area contributed by atoms with E-state index in [1.165, 1.54) is 6.07 Å². The number of halogens is 1. The van der Waals surface area contributed by atoms with Gasteiger partial charge in [-0.2, -0.15) is 0 Å². The number of ether oxygens (including phenoxy) is 2. The Hall–Kier alpha value is -2.56. The summed E-state index contributed by atoms with van der Waals surface area (Å²) in [6, 6.07) is 11.4.